The van der Waals surface area contributed by atoms with Crippen LogP contribution in [0.2, 0.25) is 0 Å². The molecule has 27 heavy (non-hydrogen) atoms. The van der Waals surface area contributed by atoms with Crippen molar-refractivity contribution in [1.29, 1.82) is 0 Å². The molecule has 1 aromatic rings. The molecule has 1 aliphatic carbocycles. The molecule has 6 heteroatoms. The number of nitrogens with zero attached hydrogens (tertiary/aromatic N) is 2. The van der Waals surface area contributed by atoms with Crippen LogP contribution in [-0.4, -0.2) is 64.2 Å². The molecule has 0 aromatic heterocycles. The lowest BCUT2D eigenvalue weighted by Gasteiger charge is -2.70. The van der Waals surface area contributed by atoms with Crippen LogP contribution >= 0.6 is 0 Å². The van der Waals surface area contributed by atoms with E-state index < -0.39 is 0 Å². The molecule has 2 atom stereocenters. The third-order valence-electron chi connectivity index (χ3n) is 6.59. The van der Waals surface area contributed by atoms with Crippen LogP contribution in [0.25, 0.3) is 0 Å². The van der Waals surface area contributed by atoms with Crippen molar-refractivity contribution in [3.63, 3.8) is 0 Å². The molecule has 1 saturated carbocycles. The standard InChI is InChI=1S/C21H29N3O3/c1-2-18(26)24-17(12-25)19(15-8-4-3-5-9-15)21(24)13-23(14-21)20(27)22-16-10-6-7-11-16/h3-5,8-9,16-17,19,25H,2,6-7,10-14H2,1H3,(H,22,27)/t17-,19+/m1/s1. The van der Waals surface area contributed by atoms with Gasteiger partial charge in [0.2, 0.25) is 5.91 Å². The zero-order chi connectivity index (χ0) is 19.0. The van der Waals surface area contributed by atoms with Gasteiger partial charge in [-0.2, -0.15) is 0 Å². The molecule has 2 N–H and O–H groups in total. The van der Waals surface area contributed by atoms with Crippen molar-refractivity contribution in [1.82, 2.24) is 15.1 Å². The van der Waals surface area contributed by atoms with Crippen molar-refractivity contribution in [3.8, 4) is 0 Å². The molecule has 2 heterocycles. The summed E-state index contributed by atoms with van der Waals surface area (Å²) in [4.78, 5) is 28.9. The van der Waals surface area contributed by atoms with E-state index >= 15 is 0 Å². The Hall–Kier alpha value is -2.08. The highest BCUT2D eigenvalue weighted by Crippen LogP contribution is 2.54. The number of hydrogen-bond donors (Lipinski definition) is 2. The number of amides is 3. The van der Waals surface area contributed by atoms with Gasteiger partial charge in [0.1, 0.15) is 0 Å². The highest BCUT2D eigenvalue weighted by atomic mass is 16.3. The fourth-order valence-electron chi connectivity index (χ4n) is 5.33. The van der Waals surface area contributed by atoms with Crippen LogP contribution in [-0.2, 0) is 4.79 Å². The van der Waals surface area contributed by atoms with E-state index in [0.717, 1.165) is 18.4 Å². The molecule has 1 spiro atoms. The maximum Gasteiger partial charge on any atom is 0.317 e. The van der Waals surface area contributed by atoms with Crippen molar-refractivity contribution in [2.75, 3.05) is 19.7 Å². The van der Waals surface area contributed by atoms with Gasteiger partial charge in [-0.15, -0.1) is 0 Å². The Labute approximate surface area is 160 Å². The lowest BCUT2D eigenvalue weighted by Crippen LogP contribution is -2.86. The molecular weight excluding hydrogens is 342 g/mol. The average molecular weight is 371 g/mol. The molecule has 0 unspecified atom stereocenters. The lowest BCUT2D eigenvalue weighted by atomic mass is 9.60. The van der Waals surface area contributed by atoms with Crippen LogP contribution in [0.3, 0.4) is 0 Å². The SMILES string of the molecule is CCC(=O)N1[C@H](CO)[C@H](c2ccccc2)C12CN(C(=O)NC1CCCC1)C2. The number of likely N-dealkylation sites (tertiary alicyclic amines) is 2. The van der Waals surface area contributed by atoms with Gasteiger partial charge in [-0.05, 0) is 18.4 Å². The van der Waals surface area contributed by atoms with Gasteiger partial charge in [0.25, 0.3) is 0 Å². The molecular formula is C21H29N3O3. The zero-order valence-corrected chi connectivity index (χ0v) is 15.9. The maximum atomic E-state index is 12.6. The number of carbonyl (C=O) groups is 2. The van der Waals surface area contributed by atoms with Gasteiger partial charge in [-0.1, -0.05) is 50.1 Å². The predicted octanol–water partition coefficient (Wildman–Crippen LogP) is 2.09. The Kier molecular flexibility index (Phi) is 4.84. The van der Waals surface area contributed by atoms with E-state index in [1.165, 1.54) is 12.8 Å². The molecule has 2 saturated heterocycles. The zero-order valence-electron chi connectivity index (χ0n) is 15.9. The summed E-state index contributed by atoms with van der Waals surface area (Å²) in [5, 5.41) is 13.1. The van der Waals surface area contributed by atoms with Crippen LogP contribution in [0, 0.1) is 0 Å². The summed E-state index contributed by atoms with van der Waals surface area (Å²) in [5.41, 5.74) is 0.752. The van der Waals surface area contributed by atoms with E-state index in [0.29, 0.717) is 25.6 Å². The largest absolute Gasteiger partial charge is 0.394 e. The number of rotatable bonds is 4. The third kappa shape index (κ3) is 2.90. The molecule has 3 aliphatic rings. The first-order valence-corrected chi connectivity index (χ1v) is 10.1. The Morgan fingerprint density at radius 3 is 2.44 bits per heavy atom. The minimum absolute atomic E-state index is 0.0179. The van der Waals surface area contributed by atoms with Gasteiger partial charge < -0.3 is 20.2 Å². The van der Waals surface area contributed by atoms with Crippen molar-refractivity contribution in [3.05, 3.63) is 35.9 Å². The minimum atomic E-state index is -0.380. The summed E-state index contributed by atoms with van der Waals surface area (Å²) in [6.45, 7) is 2.87. The number of hydrogen-bond acceptors (Lipinski definition) is 3. The molecule has 2 aliphatic heterocycles. The average Bonchev–Trinajstić information content (AvgIpc) is 3.13. The van der Waals surface area contributed by atoms with Gasteiger partial charge in [0, 0.05) is 31.5 Å². The van der Waals surface area contributed by atoms with Crippen LogP contribution in [0.1, 0.15) is 50.5 Å². The summed E-state index contributed by atoms with van der Waals surface area (Å²) in [7, 11) is 0. The summed E-state index contributed by atoms with van der Waals surface area (Å²) < 4.78 is 0. The highest BCUT2D eigenvalue weighted by molar-refractivity contribution is 5.82. The molecule has 0 bridgehead atoms. The predicted molar refractivity (Wildman–Crippen MR) is 102 cm³/mol. The van der Waals surface area contributed by atoms with E-state index in [1.54, 1.807) is 0 Å². The molecule has 1 aromatic carbocycles. The van der Waals surface area contributed by atoms with Gasteiger partial charge in [0.15, 0.2) is 0 Å². The quantitative estimate of drug-likeness (QED) is 0.851. The second-order valence-electron chi connectivity index (χ2n) is 8.15. The lowest BCUT2D eigenvalue weighted by molar-refractivity contribution is -0.192. The molecule has 3 fully saturated rings. The third-order valence-corrected chi connectivity index (χ3v) is 6.59. The molecule has 6 nitrogen and oxygen atoms in total. The molecule has 4 rings (SSSR count). The number of benzene rings is 1. The summed E-state index contributed by atoms with van der Waals surface area (Å²) in [5.74, 6) is 0.117. The number of nitrogens with one attached hydrogen (secondary N) is 1. The number of carbonyl (C=O) groups excluding carboxylic acids is 2. The summed E-state index contributed by atoms with van der Waals surface area (Å²) in [6.07, 6.45) is 4.90. The molecule has 146 valence electrons. The van der Waals surface area contributed by atoms with Gasteiger partial charge in [-0.3, -0.25) is 4.79 Å². The fraction of sp³-hybridized carbons (Fsp3) is 0.619. The first-order chi connectivity index (χ1) is 13.1. The second-order valence-corrected chi connectivity index (χ2v) is 8.15. The Morgan fingerprint density at radius 1 is 1.19 bits per heavy atom. The topological polar surface area (TPSA) is 72.9 Å². The van der Waals surface area contributed by atoms with Crippen molar-refractivity contribution < 1.29 is 14.7 Å². The van der Waals surface area contributed by atoms with E-state index in [9.17, 15) is 14.7 Å². The first-order valence-electron chi connectivity index (χ1n) is 10.1. The van der Waals surface area contributed by atoms with Crippen LogP contribution in [0.5, 0.6) is 0 Å². The smallest absolute Gasteiger partial charge is 0.317 e. The first kappa shape index (κ1) is 18.3. The van der Waals surface area contributed by atoms with Crippen molar-refractivity contribution in [2.24, 2.45) is 0 Å². The number of urea groups is 1. The molecule has 0 radical (unpaired) electrons. The summed E-state index contributed by atoms with van der Waals surface area (Å²) >= 11 is 0. The second kappa shape index (κ2) is 7.15. The van der Waals surface area contributed by atoms with Crippen molar-refractivity contribution >= 4 is 11.9 Å². The van der Waals surface area contributed by atoms with Gasteiger partial charge in [-0.25, -0.2) is 4.79 Å². The van der Waals surface area contributed by atoms with Crippen LogP contribution in [0.4, 0.5) is 4.79 Å². The summed E-state index contributed by atoms with van der Waals surface area (Å²) in [6, 6.07) is 10.1. The number of aliphatic hydroxyl groups excluding tert-OH is 1. The van der Waals surface area contributed by atoms with Gasteiger partial charge in [0.05, 0.1) is 18.2 Å². The van der Waals surface area contributed by atoms with E-state index in [4.69, 9.17) is 0 Å². The highest BCUT2D eigenvalue weighted by Gasteiger charge is 2.67. The number of aliphatic hydroxyl groups is 1. The fourth-order valence-corrected chi connectivity index (χ4v) is 5.33. The Balaban J connectivity index is 1.52. The normalized spacial score (nSPS) is 26.6. The minimum Gasteiger partial charge on any atom is -0.394 e. The monoisotopic (exact) mass is 371 g/mol. The maximum absolute atomic E-state index is 12.6. The van der Waals surface area contributed by atoms with Crippen molar-refractivity contribution in [2.45, 2.75) is 62.6 Å². The van der Waals surface area contributed by atoms with E-state index in [2.05, 4.69) is 17.4 Å². The van der Waals surface area contributed by atoms with Crippen LogP contribution in [0.15, 0.2) is 30.3 Å². The molecule has 3 amide bonds. The van der Waals surface area contributed by atoms with E-state index in [1.807, 2.05) is 34.9 Å². The Bertz CT molecular complexity index is 696. The van der Waals surface area contributed by atoms with Gasteiger partial charge >= 0.3 is 6.03 Å². The van der Waals surface area contributed by atoms with Crippen LogP contribution < -0.4 is 5.32 Å². The van der Waals surface area contributed by atoms with E-state index in [-0.39, 0.29) is 36.0 Å². The Morgan fingerprint density at radius 2 is 1.85 bits per heavy atom.